The molecule has 0 atom stereocenters. The van der Waals surface area contributed by atoms with Gasteiger partial charge in [0.25, 0.3) is 0 Å². The van der Waals surface area contributed by atoms with E-state index in [0.29, 0.717) is 36.7 Å². The maximum atomic E-state index is 12.5. The summed E-state index contributed by atoms with van der Waals surface area (Å²) in [6.07, 6.45) is 4.51. The average Bonchev–Trinajstić information content (AvgIpc) is 3.19. The van der Waals surface area contributed by atoms with E-state index in [1.54, 1.807) is 6.92 Å². The van der Waals surface area contributed by atoms with Crippen molar-refractivity contribution in [2.24, 2.45) is 5.92 Å². The predicted molar refractivity (Wildman–Crippen MR) is 137 cm³/mol. The van der Waals surface area contributed by atoms with Crippen LogP contribution in [0.4, 0.5) is 5.69 Å². The molecule has 2 aromatic heterocycles. The molecule has 4 rings (SSSR count). The van der Waals surface area contributed by atoms with Crippen LogP contribution < -0.4 is 4.90 Å². The Hall–Kier alpha value is -3.48. The van der Waals surface area contributed by atoms with Gasteiger partial charge in [0.15, 0.2) is 17.2 Å². The van der Waals surface area contributed by atoms with Gasteiger partial charge in [-0.05, 0) is 82.3 Å². The summed E-state index contributed by atoms with van der Waals surface area (Å²) in [7, 11) is 0. The summed E-state index contributed by atoms with van der Waals surface area (Å²) in [4.78, 5) is 34.3. The molecule has 1 aliphatic heterocycles. The highest BCUT2D eigenvalue weighted by atomic mass is 16.3. The van der Waals surface area contributed by atoms with Gasteiger partial charge >= 0.3 is 0 Å². The van der Waals surface area contributed by atoms with Crippen molar-refractivity contribution < 1.29 is 14.7 Å². The highest BCUT2D eigenvalue weighted by Crippen LogP contribution is 2.28. The number of unbranched alkanes of at least 4 members (excludes halogenated alkanes) is 1. The monoisotopic (exact) mass is 474 g/mol. The summed E-state index contributed by atoms with van der Waals surface area (Å²) in [6.45, 7) is 7.86. The van der Waals surface area contributed by atoms with E-state index in [9.17, 15) is 14.7 Å². The molecular weight excluding hydrogens is 440 g/mol. The Morgan fingerprint density at radius 1 is 1.00 bits per heavy atom. The molecule has 7 heteroatoms. The fourth-order valence-corrected chi connectivity index (χ4v) is 4.92. The number of aromatic nitrogens is 3. The Labute approximate surface area is 206 Å². The van der Waals surface area contributed by atoms with Crippen molar-refractivity contribution in [3.05, 3.63) is 65.0 Å². The summed E-state index contributed by atoms with van der Waals surface area (Å²) >= 11 is 0. The van der Waals surface area contributed by atoms with Crippen molar-refractivity contribution in [2.75, 3.05) is 18.0 Å². The van der Waals surface area contributed by atoms with E-state index in [-0.39, 0.29) is 23.6 Å². The van der Waals surface area contributed by atoms with Crippen LogP contribution in [-0.2, 0) is 11.2 Å². The Balaban J connectivity index is 1.37. The number of ketones is 1. The molecule has 0 saturated carbocycles. The molecule has 0 bridgehead atoms. The summed E-state index contributed by atoms with van der Waals surface area (Å²) in [5, 5.41) is 10.3. The molecule has 184 valence electrons. The standard InChI is InChI=1S/C28H34N4O3/c1-19-7-8-20(2)32(19)24-11-9-23(10-12-24)31-15-13-22(14-16-31)18-26-29-21(3)28(35)27(30-26)25(34)6-4-5-17-33/h7-12,17,22,35H,4-6,13-16,18H2,1-3H3. The van der Waals surface area contributed by atoms with Gasteiger partial charge < -0.3 is 19.4 Å². The fourth-order valence-electron chi connectivity index (χ4n) is 4.92. The first-order valence-electron chi connectivity index (χ1n) is 12.4. The molecular formula is C28H34N4O3. The molecule has 3 aromatic rings. The van der Waals surface area contributed by atoms with Gasteiger partial charge in [-0.1, -0.05) is 0 Å². The van der Waals surface area contributed by atoms with E-state index >= 15 is 0 Å². The maximum absolute atomic E-state index is 12.5. The molecule has 1 fully saturated rings. The molecule has 1 aliphatic rings. The Kier molecular flexibility index (Phi) is 7.63. The molecule has 0 spiro atoms. The molecule has 1 aromatic carbocycles. The number of carbonyl (C=O) groups excluding carboxylic acids is 2. The number of piperidine rings is 1. The second-order valence-electron chi connectivity index (χ2n) is 9.51. The van der Waals surface area contributed by atoms with Gasteiger partial charge in [-0.3, -0.25) is 4.79 Å². The number of aryl methyl sites for hydroxylation is 3. The second-order valence-corrected chi connectivity index (χ2v) is 9.51. The van der Waals surface area contributed by atoms with Crippen LogP contribution in [0, 0.1) is 26.7 Å². The average molecular weight is 475 g/mol. The first-order chi connectivity index (χ1) is 16.9. The molecule has 0 radical (unpaired) electrons. The zero-order chi connectivity index (χ0) is 24.9. The van der Waals surface area contributed by atoms with Crippen LogP contribution in [0.25, 0.3) is 5.69 Å². The molecule has 1 saturated heterocycles. The number of benzene rings is 1. The lowest BCUT2D eigenvalue weighted by Crippen LogP contribution is -2.34. The minimum absolute atomic E-state index is 0.0871. The highest BCUT2D eigenvalue weighted by Gasteiger charge is 2.23. The Bertz CT molecular complexity index is 1170. The Morgan fingerprint density at radius 2 is 1.63 bits per heavy atom. The topological polar surface area (TPSA) is 88.3 Å². The highest BCUT2D eigenvalue weighted by molar-refractivity contribution is 5.96. The van der Waals surface area contributed by atoms with Crippen molar-refractivity contribution in [2.45, 2.75) is 59.3 Å². The van der Waals surface area contributed by atoms with Gasteiger partial charge in [0.2, 0.25) is 0 Å². The fraction of sp³-hybridized carbons (Fsp3) is 0.429. The van der Waals surface area contributed by atoms with Crippen LogP contribution in [-0.4, -0.2) is 44.8 Å². The zero-order valence-electron chi connectivity index (χ0n) is 20.8. The quantitative estimate of drug-likeness (QED) is 0.269. The first-order valence-corrected chi connectivity index (χ1v) is 12.4. The number of anilines is 1. The lowest BCUT2D eigenvalue weighted by atomic mass is 9.92. The maximum Gasteiger partial charge on any atom is 0.185 e. The number of hydrogen-bond donors (Lipinski definition) is 1. The van der Waals surface area contributed by atoms with E-state index in [2.05, 4.69) is 69.7 Å². The van der Waals surface area contributed by atoms with Gasteiger partial charge in [-0.15, -0.1) is 0 Å². The number of aromatic hydroxyl groups is 1. The number of rotatable bonds is 9. The largest absolute Gasteiger partial charge is 0.504 e. The van der Waals surface area contributed by atoms with Crippen LogP contribution in [0.15, 0.2) is 36.4 Å². The third kappa shape index (κ3) is 5.61. The van der Waals surface area contributed by atoms with Crippen molar-refractivity contribution in [3.8, 4) is 11.4 Å². The molecule has 0 aliphatic carbocycles. The smallest absolute Gasteiger partial charge is 0.185 e. The van der Waals surface area contributed by atoms with Crippen LogP contribution in [0.2, 0.25) is 0 Å². The van der Waals surface area contributed by atoms with Crippen molar-refractivity contribution in [1.29, 1.82) is 0 Å². The number of aldehydes is 1. The minimum atomic E-state index is -0.236. The molecule has 3 heterocycles. The summed E-state index contributed by atoms with van der Waals surface area (Å²) in [5.41, 5.74) is 5.39. The number of carbonyl (C=O) groups is 2. The zero-order valence-corrected chi connectivity index (χ0v) is 20.8. The van der Waals surface area contributed by atoms with Crippen molar-refractivity contribution >= 4 is 17.8 Å². The molecule has 0 amide bonds. The SMILES string of the molecule is Cc1nc(CC2CCN(c3ccc(-n4c(C)ccc4C)cc3)CC2)nc(C(=O)CCCC=O)c1O. The van der Waals surface area contributed by atoms with E-state index in [4.69, 9.17) is 0 Å². The lowest BCUT2D eigenvalue weighted by Gasteiger charge is -2.33. The molecule has 35 heavy (non-hydrogen) atoms. The van der Waals surface area contributed by atoms with Gasteiger partial charge in [-0.25, -0.2) is 9.97 Å². The van der Waals surface area contributed by atoms with Gasteiger partial charge in [0, 0.05) is 55.1 Å². The Morgan fingerprint density at radius 3 is 2.26 bits per heavy atom. The van der Waals surface area contributed by atoms with Crippen LogP contribution in [0.1, 0.15) is 65.5 Å². The van der Waals surface area contributed by atoms with Gasteiger partial charge in [0.05, 0.1) is 5.69 Å². The van der Waals surface area contributed by atoms with Crippen LogP contribution >= 0.6 is 0 Å². The van der Waals surface area contributed by atoms with Gasteiger partial charge in [-0.2, -0.15) is 0 Å². The normalized spacial score (nSPS) is 14.3. The summed E-state index contributed by atoms with van der Waals surface area (Å²) in [5.74, 6) is 0.657. The van der Waals surface area contributed by atoms with E-state index in [1.807, 2.05) is 0 Å². The van der Waals surface area contributed by atoms with Gasteiger partial charge in [0.1, 0.15) is 12.1 Å². The summed E-state index contributed by atoms with van der Waals surface area (Å²) in [6, 6.07) is 13.0. The third-order valence-corrected chi connectivity index (χ3v) is 6.92. The number of Topliss-reactive ketones (excluding diaryl/α,β-unsaturated/α-hetero) is 1. The number of nitrogens with zero attached hydrogens (tertiary/aromatic N) is 4. The first kappa shape index (κ1) is 24.6. The lowest BCUT2D eigenvalue weighted by molar-refractivity contribution is -0.107. The third-order valence-electron chi connectivity index (χ3n) is 6.92. The van der Waals surface area contributed by atoms with E-state index < -0.39 is 0 Å². The molecule has 1 N–H and O–H groups in total. The van der Waals surface area contributed by atoms with E-state index in [0.717, 1.165) is 32.2 Å². The van der Waals surface area contributed by atoms with Crippen molar-refractivity contribution in [3.63, 3.8) is 0 Å². The van der Waals surface area contributed by atoms with Crippen molar-refractivity contribution in [1.82, 2.24) is 14.5 Å². The summed E-state index contributed by atoms with van der Waals surface area (Å²) < 4.78 is 2.26. The number of hydrogen-bond acceptors (Lipinski definition) is 6. The van der Waals surface area contributed by atoms with Crippen LogP contribution in [0.5, 0.6) is 5.75 Å². The van der Waals surface area contributed by atoms with Crippen LogP contribution in [0.3, 0.4) is 0 Å². The predicted octanol–water partition coefficient (Wildman–Crippen LogP) is 4.91. The van der Waals surface area contributed by atoms with E-state index in [1.165, 1.54) is 22.8 Å². The minimum Gasteiger partial charge on any atom is -0.504 e. The molecule has 0 unspecified atom stereocenters. The second kappa shape index (κ2) is 10.8. The molecule has 7 nitrogen and oxygen atoms in total.